The van der Waals surface area contributed by atoms with Crippen LogP contribution in [-0.4, -0.2) is 52.0 Å². The summed E-state index contributed by atoms with van der Waals surface area (Å²) >= 11 is 1.46. The molecule has 0 unspecified atom stereocenters. The Labute approximate surface area is 199 Å². The van der Waals surface area contributed by atoms with Crippen molar-refractivity contribution in [3.05, 3.63) is 82.3 Å². The molecular formula is C24H24FN5O3S. The molecule has 0 saturated carbocycles. The van der Waals surface area contributed by atoms with Crippen LogP contribution in [0, 0.1) is 5.82 Å². The van der Waals surface area contributed by atoms with Crippen molar-refractivity contribution in [3.63, 3.8) is 0 Å². The molecular weight excluding hydrogens is 457 g/mol. The van der Waals surface area contributed by atoms with Gasteiger partial charge in [0.1, 0.15) is 23.9 Å². The number of hydrogen-bond donors (Lipinski definition) is 1. The first-order valence-electron chi connectivity index (χ1n) is 10.7. The molecule has 0 aliphatic heterocycles. The highest BCUT2D eigenvalue weighted by atomic mass is 32.1. The van der Waals surface area contributed by atoms with E-state index in [0.29, 0.717) is 17.6 Å². The number of carbonyl (C=O) groups is 2. The van der Waals surface area contributed by atoms with Crippen molar-refractivity contribution in [2.24, 2.45) is 0 Å². The second kappa shape index (κ2) is 11.0. The Hall–Kier alpha value is -3.63. The SMILES string of the molecule is COCCNC(=O)[C@H](c1ccccc1F)N(Cc1cccs1)C(=O)Cn1nnc2ccccc21. The summed E-state index contributed by atoms with van der Waals surface area (Å²) in [4.78, 5) is 29.2. The third-order valence-corrected chi connectivity index (χ3v) is 6.16. The number of methoxy groups -OCH3 is 1. The van der Waals surface area contributed by atoms with Crippen LogP contribution in [0.15, 0.2) is 66.0 Å². The van der Waals surface area contributed by atoms with Crippen molar-refractivity contribution in [2.45, 2.75) is 19.1 Å². The summed E-state index contributed by atoms with van der Waals surface area (Å²) in [6.45, 7) is 0.511. The molecule has 0 aliphatic carbocycles. The van der Waals surface area contributed by atoms with Gasteiger partial charge in [-0.05, 0) is 29.6 Å². The van der Waals surface area contributed by atoms with Crippen LogP contribution in [0.3, 0.4) is 0 Å². The molecule has 0 fully saturated rings. The minimum absolute atomic E-state index is 0.116. The molecule has 0 bridgehead atoms. The Morgan fingerprint density at radius 2 is 1.94 bits per heavy atom. The Morgan fingerprint density at radius 1 is 1.15 bits per heavy atom. The van der Waals surface area contributed by atoms with Gasteiger partial charge < -0.3 is 15.0 Å². The zero-order chi connectivity index (χ0) is 23.9. The average molecular weight is 482 g/mol. The molecule has 0 aliphatic rings. The summed E-state index contributed by atoms with van der Waals surface area (Å²) < 4.78 is 21.4. The molecule has 2 heterocycles. The van der Waals surface area contributed by atoms with Crippen molar-refractivity contribution >= 4 is 34.2 Å². The van der Waals surface area contributed by atoms with Gasteiger partial charge in [-0.25, -0.2) is 9.07 Å². The van der Waals surface area contributed by atoms with Crippen molar-refractivity contribution in [2.75, 3.05) is 20.3 Å². The minimum atomic E-state index is -1.18. The fourth-order valence-electron chi connectivity index (χ4n) is 3.67. The summed E-state index contributed by atoms with van der Waals surface area (Å²) in [5, 5.41) is 12.8. The van der Waals surface area contributed by atoms with Gasteiger partial charge in [-0.3, -0.25) is 9.59 Å². The second-order valence-electron chi connectivity index (χ2n) is 7.54. The number of fused-ring (bicyclic) bond motifs is 1. The largest absolute Gasteiger partial charge is 0.383 e. The lowest BCUT2D eigenvalue weighted by atomic mass is 10.0. The third kappa shape index (κ3) is 5.29. The van der Waals surface area contributed by atoms with E-state index in [1.54, 1.807) is 18.2 Å². The molecule has 2 aromatic carbocycles. The molecule has 4 rings (SSSR count). The predicted octanol–water partition coefficient (Wildman–Crippen LogP) is 3.16. The van der Waals surface area contributed by atoms with E-state index in [1.807, 2.05) is 35.7 Å². The van der Waals surface area contributed by atoms with Crippen LogP contribution >= 0.6 is 11.3 Å². The van der Waals surface area contributed by atoms with Crippen LogP contribution < -0.4 is 5.32 Å². The van der Waals surface area contributed by atoms with E-state index in [2.05, 4.69) is 15.6 Å². The number of rotatable bonds is 10. The molecule has 176 valence electrons. The second-order valence-corrected chi connectivity index (χ2v) is 8.58. The van der Waals surface area contributed by atoms with Gasteiger partial charge >= 0.3 is 0 Å². The van der Waals surface area contributed by atoms with E-state index in [4.69, 9.17) is 4.74 Å². The first-order valence-corrected chi connectivity index (χ1v) is 11.6. The minimum Gasteiger partial charge on any atom is -0.383 e. The lowest BCUT2D eigenvalue weighted by Crippen LogP contribution is -2.45. The zero-order valence-corrected chi connectivity index (χ0v) is 19.4. The molecule has 0 spiro atoms. The summed E-state index contributed by atoms with van der Waals surface area (Å²) in [6, 6.07) is 15.9. The van der Waals surface area contributed by atoms with E-state index in [9.17, 15) is 14.0 Å². The summed E-state index contributed by atoms with van der Waals surface area (Å²) in [6.07, 6.45) is 0. The lowest BCUT2D eigenvalue weighted by molar-refractivity contribution is -0.142. The van der Waals surface area contributed by atoms with E-state index >= 15 is 0 Å². The van der Waals surface area contributed by atoms with Crippen molar-refractivity contribution in [3.8, 4) is 0 Å². The molecule has 1 N–H and O–H groups in total. The van der Waals surface area contributed by atoms with Gasteiger partial charge in [0, 0.05) is 24.1 Å². The molecule has 0 radical (unpaired) electrons. The Morgan fingerprint density at radius 3 is 2.71 bits per heavy atom. The Bertz CT molecular complexity index is 1260. The van der Waals surface area contributed by atoms with E-state index in [1.165, 1.54) is 40.2 Å². The maximum absolute atomic E-state index is 14.9. The van der Waals surface area contributed by atoms with Crippen molar-refractivity contribution < 1.29 is 18.7 Å². The highest BCUT2D eigenvalue weighted by molar-refractivity contribution is 7.09. The smallest absolute Gasteiger partial charge is 0.247 e. The standard InChI is InChI=1S/C24H24FN5O3S/c1-33-13-12-26-24(32)23(18-8-2-3-9-19(18)25)29(15-17-7-6-14-34-17)22(31)16-30-21-11-5-4-10-20(21)27-28-30/h2-11,14,23H,12-13,15-16H2,1H3,(H,26,32)/t23-/m0/s1. The van der Waals surface area contributed by atoms with Crippen LogP contribution in [-0.2, 0) is 27.4 Å². The highest BCUT2D eigenvalue weighted by Crippen LogP contribution is 2.27. The van der Waals surface area contributed by atoms with Crippen LogP contribution in [0.4, 0.5) is 4.39 Å². The lowest BCUT2D eigenvalue weighted by Gasteiger charge is -2.31. The molecule has 0 saturated heterocycles. The fourth-order valence-corrected chi connectivity index (χ4v) is 4.37. The highest BCUT2D eigenvalue weighted by Gasteiger charge is 2.34. The predicted molar refractivity (Wildman–Crippen MR) is 126 cm³/mol. The number of halogens is 1. The average Bonchev–Trinajstić information content (AvgIpc) is 3.50. The van der Waals surface area contributed by atoms with E-state index < -0.39 is 17.8 Å². The van der Waals surface area contributed by atoms with Gasteiger partial charge in [-0.1, -0.05) is 41.6 Å². The van der Waals surface area contributed by atoms with E-state index in [0.717, 1.165) is 4.88 Å². The number of para-hydroxylation sites is 1. The number of benzene rings is 2. The number of thiophene rings is 1. The number of amides is 2. The molecule has 10 heteroatoms. The molecule has 2 amide bonds. The number of hydrogen-bond acceptors (Lipinski definition) is 6. The molecule has 2 aromatic heterocycles. The summed E-state index contributed by atoms with van der Waals surface area (Å²) in [5.74, 6) is -1.45. The zero-order valence-electron chi connectivity index (χ0n) is 18.6. The molecule has 4 aromatic rings. The first kappa shape index (κ1) is 23.5. The van der Waals surface area contributed by atoms with Crippen LogP contribution in [0.5, 0.6) is 0 Å². The van der Waals surface area contributed by atoms with Gasteiger partial charge in [-0.2, -0.15) is 0 Å². The Balaban J connectivity index is 1.71. The molecule has 8 nitrogen and oxygen atoms in total. The molecule has 34 heavy (non-hydrogen) atoms. The van der Waals surface area contributed by atoms with Gasteiger partial charge in [0.15, 0.2) is 0 Å². The number of nitrogens with zero attached hydrogens (tertiary/aromatic N) is 4. The maximum Gasteiger partial charge on any atom is 0.247 e. The normalized spacial score (nSPS) is 11.9. The van der Waals surface area contributed by atoms with Gasteiger partial charge in [-0.15, -0.1) is 16.4 Å². The molecule has 1 atom stereocenters. The van der Waals surface area contributed by atoms with Crippen LogP contribution in [0.2, 0.25) is 0 Å². The fraction of sp³-hybridized carbons (Fsp3) is 0.250. The number of ether oxygens (including phenoxy) is 1. The first-order chi connectivity index (χ1) is 16.6. The van der Waals surface area contributed by atoms with Crippen molar-refractivity contribution in [1.29, 1.82) is 0 Å². The topological polar surface area (TPSA) is 89.4 Å². The Kier molecular flexibility index (Phi) is 7.61. The van der Waals surface area contributed by atoms with Gasteiger partial charge in [0.05, 0.1) is 18.7 Å². The number of nitrogens with one attached hydrogen (secondary N) is 1. The maximum atomic E-state index is 14.9. The summed E-state index contributed by atoms with van der Waals surface area (Å²) in [7, 11) is 1.52. The third-order valence-electron chi connectivity index (χ3n) is 5.30. The quantitative estimate of drug-likeness (QED) is 0.352. The monoisotopic (exact) mass is 481 g/mol. The van der Waals surface area contributed by atoms with Gasteiger partial charge in [0.2, 0.25) is 11.8 Å². The number of aromatic nitrogens is 3. The van der Waals surface area contributed by atoms with Crippen LogP contribution in [0.1, 0.15) is 16.5 Å². The van der Waals surface area contributed by atoms with Crippen LogP contribution in [0.25, 0.3) is 11.0 Å². The summed E-state index contributed by atoms with van der Waals surface area (Å²) in [5.41, 5.74) is 1.47. The number of carbonyl (C=O) groups excluding carboxylic acids is 2. The van der Waals surface area contributed by atoms with Crippen molar-refractivity contribution in [1.82, 2.24) is 25.2 Å². The van der Waals surface area contributed by atoms with E-state index in [-0.39, 0.29) is 31.1 Å². The van der Waals surface area contributed by atoms with Gasteiger partial charge in [0.25, 0.3) is 0 Å².